The number of alkyl halides is 7. The fraction of sp³-hybridized carbons (Fsp3) is 0.250. The lowest BCUT2D eigenvalue weighted by atomic mass is 9.97. The highest BCUT2D eigenvalue weighted by Gasteiger charge is 2.76. The number of carbonyl (C=O) groups excluding carboxylic acids is 1. The van der Waals surface area contributed by atoms with Gasteiger partial charge in [0.2, 0.25) is 11.6 Å². The SMILES string of the molecule is O=C(/C=C(\[O-])c1c(F)c(F)c(F)c(F)c1F)C(F)(C(F)(F)F)C(F)(F)F. The third kappa shape index (κ3) is 3.19. The Balaban J connectivity index is 3.63. The van der Waals surface area contributed by atoms with Gasteiger partial charge in [-0.05, 0) is 6.08 Å². The monoisotopic (exact) mass is 405 g/mol. The zero-order chi connectivity index (χ0) is 20.8. The molecular weight excluding hydrogens is 404 g/mol. The number of hydrogen-bond acceptors (Lipinski definition) is 2. The molecule has 0 fully saturated rings. The van der Waals surface area contributed by atoms with Gasteiger partial charge in [0.25, 0.3) is 0 Å². The van der Waals surface area contributed by atoms with Crippen molar-refractivity contribution in [2.75, 3.05) is 0 Å². The van der Waals surface area contributed by atoms with E-state index in [1.165, 1.54) is 0 Å². The van der Waals surface area contributed by atoms with E-state index in [0.717, 1.165) is 0 Å². The molecule has 2 nitrogen and oxygen atoms in total. The highest BCUT2D eigenvalue weighted by molar-refractivity contribution is 6.02. The van der Waals surface area contributed by atoms with Crippen LogP contribution in [0, 0.1) is 29.1 Å². The van der Waals surface area contributed by atoms with Crippen molar-refractivity contribution >= 4 is 11.5 Å². The molecule has 14 heteroatoms. The Kier molecular flexibility index (Phi) is 5.32. The maximum absolute atomic E-state index is 13.3. The maximum Gasteiger partial charge on any atom is 0.439 e. The average Bonchev–Trinajstić information content (AvgIpc) is 2.47. The zero-order valence-corrected chi connectivity index (χ0v) is 11.4. The lowest BCUT2D eigenvalue weighted by molar-refractivity contribution is -0.323. The number of allylic oxidation sites excluding steroid dienone is 1. The summed E-state index contributed by atoms with van der Waals surface area (Å²) in [6, 6.07) is 0. The molecule has 0 saturated carbocycles. The standard InChI is InChI=1S/C12H2F12O2/c13-5-4(6(14)8(16)9(17)7(5)15)2(25)1-3(26)10(18,11(19,20)21)12(22,23)24/h1,25H/p-1/b2-1-. The van der Waals surface area contributed by atoms with Crippen LogP contribution in [0.2, 0.25) is 0 Å². The summed E-state index contributed by atoms with van der Waals surface area (Å²) in [6.07, 6.45) is -15.3. The first-order valence-corrected chi connectivity index (χ1v) is 5.75. The number of benzene rings is 1. The van der Waals surface area contributed by atoms with Crippen molar-refractivity contribution in [3.8, 4) is 0 Å². The van der Waals surface area contributed by atoms with E-state index in [-0.39, 0.29) is 0 Å². The Labute approximate surface area is 134 Å². The third-order valence-corrected chi connectivity index (χ3v) is 2.84. The molecule has 1 rings (SSSR count). The van der Waals surface area contributed by atoms with Crippen LogP contribution >= 0.6 is 0 Å². The molecule has 0 heterocycles. The summed E-state index contributed by atoms with van der Waals surface area (Å²) in [7, 11) is 0. The van der Waals surface area contributed by atoms with E-state index in [1.54, 1.807) is 0 Å². The van der Waals surface area contributed by atoms with Gasteiger partial charge in [0.1, 0.15) is 0 Å². The van der Waals surface area contributed by atoms with E-state index < -0.39 is 70.3 Å². The highest BCUT2D eigenvalue weighted by atomic mass is 19.4. The van der Waals surface area contributed by atoms with Crippen LogP contribution in [0.1, 0.15) is 5.56 Å². The zero-order valence-electron chi connectivity index (χ0n) is 11.4. The van der Waals surface area contributed by atoms with Gasteiger partial charge in [0.05, 0.1) is 0 Å². The quantitative estimate of drug-likeness (QED) is 0.254. The number of carbonyl (C=O) groups is 1. The molecule has 0 aliphatic rings. The number of ketones is 1. The largest absolute Gasteiger partial charge is 0.872 e. The molecule has 0 spiro atoms. The average molecular weight is 405 g/mol. The van der Waals surface area contributed by atoms with Crippen molar-refractivity contribution in [2.45, 2.75) is 18.0 Å². The molecule has 0 aliphatic carbocycles. The van der Waals surface area contributed by atoms with Crippen molar-refractivity contribution in [3.63, 3.8) is 0 Å². The Bertz CT molecular complexity index is 731. The summed E-state index contributed by atoms with van der Waals surface area (Å²) in [5.41, 5.74) is -9.19. The van der Waals surface area contributed by atoms with Gasteiger partial charge in [-0.25, -0.2) is 26.3 Å². The molecular formula is C12HF12O2-. The van der Waals surface area contributed by atoms with E-state index in [9.17, 15) is 62.6 Å². The first kappa shape index (κ1) is 21.6. The van der Waals surface area contributed by atoms with Crippen LogP contribution in [0.15, 0.2) is 6.08 Å². The first-order chi connectivity index (χ1) is 11.5. The van der Waals surface area contributed by atoms with Crippen molar-refractivity contribution < 1.29 is 62.6 Å². The van der Waals surface area contributed by atoms with Crippen LogP contribution in [0.4, 0.5) is 52.7 Å². The van der Waals surface area contributed by atoms with Crippen molar-refractivity contribution in [1.82, 2.24) is 0 Å². The van der Waals surface area contributed by atoms with E-state index >= 15 is 0 Å². The topological polar surface area (TPSA) is 40.1 Å². The molecule has 0 N–H and O–H groups in total. The summed E-state index contributed by atoms with van der Waals surface area (Å²) < 4.78 is 152. The predicted molar refractivity (Wildman–Crippen MR) is 55.2 cm³/mol. The summed E-state index contributed by atoms with van der Waals surface area (Å²) in [5, 5.41) is 11.3. The minimum atomic E-state index is -6.95. The van der Waals surface area contributed by atoms with Crippen LogP contribution < -0.4 is 5.11 Å². The summed E-state index contributed by atoms with van der Waals surface area (Å²) in [5.74, 6) is -20.7. The molecule has 0 unspecified atom stereocenters. The van der Waals surface area contributed by atoms with Gasteiger partial charge in [0.15, 0.2) is 23.3 Å². The van der Waals surface area contributed by atoms with Gasteiger partial charge in [-0.1, -0.05) is 5.76 Å². The number of halogens is 12. The normalized spacial score (nSPS) is 13.9. The molecule has 0 aliphatic heterocycles. The number of hydrogen-bond donors (Lipinski definition) is 0. The predicted octanol–water partition coefficient (Wildman–Crippen LogP) is 3.49. The van der Waals surface area contributed by atoms with Crippen LogP contribution in [0.3, 0.4) is 0 Å². The van der Waals surface area contributed by atoms with Crippen LogP contribution in [0.25, 0.3) is 5.76 Å². The molecule has 0 radical (unpaired) electrons. The molecule has 0 bridgehead atoms. The van der Waals surface area contributed by atoms with Gasteiger partial charge in [-0.3, -0.25) is 4.79 Å². The lowest BCUT2D eigenvalue weighted by Crippen LogP contribution is -2.58. The van der Waals surface area contributed by atoms with Gasteiger partial charge >= 0.3 is 18.0 Å². The number of rotatable bonds is 3. The lowest BCUT2D eigenvalue weighted by Gasteiger charge is -2.28. The Morgan fingerprint density at radius 2 is 1.00 bits per heavy atom. The molecule has 1 aromatic rings. The minimum absolute atomic E-state index is 1.40. The van der Waals surface area contributed by atoms with E-state index in [4.69, 9.17) is 0 Å². The van der Waals surface area contributed by atoms with E-state index in [1.807, 2.05) is 0 Å². The van der Waals surface area contributed by atoms with E-state index in [0.29, 0.717) is 0 Å². The molecule has 1 aromatic carbocycles. The Hall–Kier alpha value is -2.41. The summed E-state index contributed by atoms with van der Waals surface area (Å²) in [4.78, 5) is 11.0. The molecule has 26 heavy (non-hydrogen) atoms. The second-order valence-electron chi connectivity index (χ2n) is 4.47. The fourth-order valence-electron chi connectivity index (χ4n) is 1.55. The Morgan fingerprint density at radius 3 is 1.31 bits per heavy atom. The van der Waals surface area contributed by atoms with Crippen molar-refractivity contribution in [2.24, 2.45) is 0 Å². The summed E-state index contributed by atoms with van der Waals surface area (Å²) in [6.45, 7) is 0. The second-order valence-corrected chi connectivity index (χ2v) is 4.47. The second kappa shape index (κ2) is 6.39. The maximum atomic E-state index is 13.3. The summed E-state index contributed by atoms with van der Waals surface area (Å²) >= 11 is 0. The van der Waals surface area contributed by atoms with Gasteiger partial charge in [0, 0.05) is 5.56 Å². The first-order valence-electron chi connectivity index (χ1n) is 5.75. The van der Waals surface area contributed by atoms with Crippen molar-refractivity contribution in [3.05, 3.63) is 40.7 Å². The molecule has 0 atom stereocenters. The third-order valence-electron chi connectivity index (χ3n) is 2.84. The van der Waals surface area contributed by atoms with Gasteiger partial charge in [-0.15, -0.1) is 0 Å². The molecule has 0 amide bonds. The van der Waals surface area contributed by atoms with Gasteiger partial charge < -0.3 is 5.11 Å². The molecule has 0 aromatic heterocycles. The fourth-order valence-corrected chi connectivity index (χ4v) is 1.55. The van der Waals surface area contributed by atoms with E-state index in [2.05, 4.69) is 0 Å². The minimum Gasteiger partial charge on any atom is -0.872 e. The van der Waals surface area contributed by atoms with Gasteiger partial charge in [-0.2, -0.15) is 26.3 Å². The molecule has 146 valence electrons. The Morgan fingerprint density at radius 1 is 0.692 bits per heavy atom. The smallest absolute Gasteiger partial charge is 0.439 e. The molecule has 0 saturated heterocycles. The van der Waals surface area contributed by atoms with Crippen LogP contribution in [-0.2, 0) is 4.79 Å². The van der Waals surface area contributed by atoms with Crippen molar-refractivity contribution in [1.29, 1.82) is 0 Å². The van der Waals surface area contributed by atoms with Crippen LogP contribution in [0.5, 0.6) is 0 Å². The highest BCUT2D eigenvalue weighted by Crippen LogP contribution is 2.47. The van der Waals surface area contributed by atoms with Crippen LogP contribution in [-0.4, -0.2) is 23.8 Å².